The van der Waals surface area contributed by atoms with Crippen molar-refractivity contribution in [3.63, 3.8) is 0 Å². The van der Waals surface area contributed by atoms with E-state index in [1.54, 1.807) is 18.2 Å². The van der Waals surface area contributed by atoms with Gasteiger partial charge in [-0.05, 0) is 36.4 Å². The molecule has 0 radical (unpaired) electrons. The second-order valence-electron chi connectivity index (χ2n) is 5.62. The molecule has 28 heavy (non-hydrogen) atoms. The summed E-state index contributed by atoms with van der Waals surface area (Å²) >= 11 is 0. The maximum atomic E-state index is 13.5. The third-order valence-corrected chi connectivity index (χ3v) is 3.53. The quantitative estimate of drug-likeness (QED) is 0.622. The smallest absolute Gasteiger partial charge is 0.374 e. The van der Waals surface area contributed by atoms with Crippen LogP contribution in [0.1, 0.15) is 16.3 Å². The Morgan fingerprint density at radius 3 is 2.54 bits per heavy atom. The number of amides is 1. The van der Waals surface area contributed by atoms with Crippen LogP contribution in [-0.2, 0) is 16.1 Å². The molecule has 2 aromatic carbocycles. The highest BCUT2D eigenvalue weighted by molar-refractivity contribution is 5.94. The second kappa shape index (κ2) is 8.81. The summed E-state index contributed by atoms with van der Waals surface area (Å²) in [5.74, 6) is -2.41. The number of carbonyl (C=O) groups is 2. The third kappa shape index (κ3) is 5.16. The molecule has 0 spiro atoms. The number of ether oxygens (including phenoxy) is 2. The second-order valence-corrected chi connectivity index (χ2v) is 5.62. The van der Waals surface area contributed by atoms with E-state index in [0.29, 0.717) is 17.6 Å². The fourth-order valence-corrected chi connectivity index (χ4v) is 2.22. The molecule has 8 heteroatoms. The van der Waals surface area contributed by atoms with Gasteiger partial charge in [-0.25, -0.2) is 13.6 Å². The van der Waals surface area contributed by atoms with E-state index < -0.39 is 30.1 Å². The van der Waals surface area contributed by atoms with Gasteiger partial charge in [-0.15, -0.1) is 0 Å². The van der Waals surface area contributed by atoms with Crippen molar-refractivity contribution < 1.29 is 32.3 Å². The van der Waals surface area contributed by atoms with Gasteiger partial charge in [-0.3, -0.25) is 4.79 Å². The van der Waals surface area contributed by atoms with Crippen LogP contribution in [0.4, 0.5) is 14.5 Å². The number of hydrogen-bond donors (Lipinski definition) is 1. The van der Waals surface area contributed by atoms with Crippen molar-refractivity contribution in [2.75, 3.05) is 11.9 Å². The fraction of sp³-hybridized carbons (Fsp3) is 0.100. The molecule has 1 amide bonds. The maximum absolute atomic E-state index is 13.5. The van der Waals surface area contributed by atoms with Crippen LogP contribution in [0, 0.1) is 11.6 Å². The molecule has 1 heterocycles. The van der Waals surface area contributed by atoms with E-state index in [2.05, 4.69) is 5.32 Å². The summed E-state index contributed by atoms with van der Waals surface area (Å²) in [6, 6.07) is 14.7. The number of esters is 1. The first-order valence-electron chi connectivity index (χ1n) is 8.20. The van der Waals surface area contributed by atoms with Gasteiger partial charge >= 0.3 is 5.97 Å². The largest absolute Gasteiger partial charge is 0.486 e. The van der Waals surface area contributed by atoms with Crippen LogP contribution in [-0.4, -0.2) is 18.5 Å². The molecule has 0 fully saturated rings. The van der Waals surface area contributed by atoms with E-state index in [4.69, 9.17) is 13.9 Å². The molecule has 0 saturated heterocycles. The highest BCUT2D eigenvalue weighted by atomic mass is 19.1. The highest BCUT2D eigenvalue weighted by Gasteiger charge is 2.16. The van der Waals surface area contributed by atoms with Crippen molar-refractivity contribution in [1.82, 2.24) is 0 Å². The van der Waals surface area contributed by atoms with Gasteiger partial charge < -0.3 is 19.2 Å². The molecule has 1 aromatic heterocycles. The predicted molar refractivity (Wildman–Crippen MR) is 94.8 cm³/mol. The molecule has 1 N–H and O–H groups in total. The predicted octanol–water partition coefficient (Wildman–Crippen LogP) is 3.93. The van der Waals surface area contributed by atoms with Crippen molar-refractivity contribution in [3.8, 4) is 5.75 Å². The number of anilines is 1. The number of nitrogens with one attached hydrogen (secondary N) is 1. The normalized spacial score (nSPS) is 10.4. The number of benzene rings is 2. The lowest BCUT2D eigenvalue weighted by atomic mass is 10.3. The molecular weight excluding hydrogens is 372 g/mol. The summed E-state index contributed by atoms with van der Waals surface area (Å²) in [6.45, 7) is -0.548. The van der Waals surface area contributed by atoms with E-state index in [1.165, 1.54) is 6.07 Å². The van der Waals surface area contributed by atoms with Gasteiger partial charge in [0.15, 0.2) is 6.61 Å². The highest BCUT2D eigenvalue weighted by Crippen LogP contribution is 2.16. The average Bonchev–Trinajstić information content (AvgIpc) is 3.17. The Hall–Kier alpha value is -3.68. The van der Waals surface area contributed by atoms with E-state index in [1.807, 2.05) is 18.2 Å². The molecule has 144 valence electrons. The Labute approximate surface area is 158 Å². The van der Waals surface area contributed by atoms with Crippen LogP contribution in [0.3, 0.4) is 0 Å². The topological polar surface area (TPSA) is 77.8 Å². The van der Waals surface area contributed by atoms with Crippen molar-refractivity contribution in [2.45, 2.75) is 6.61 Å². The molecule has 0 aliphatic rings. The summed E-state index contributed by atoms with van der Waals surface area (Å²) in [5, 5.41) is 2.18. The Kier molecular flexibility index (Phi) is 6.01. The molecule has 0 aliphatic heterocycles. The van der Waals surface area contributed by atoms with E-state index in [9.17, 15) is 18.4 Å². The summed E-state index contributed by atoms with van der Waals surface area (Å²) in [6.07, 6.45) is 0. The van der Waals surface area contributed by atoms with E-state index >= 15 is 0 Å². The van der Waals surface area contributed by atoms with Crippen molar-refractivity contribution in [2.24, 2.45) is 0 Å². The number of hydrogen-bond acceptors (Lipinski definition) is 5. The van der Waals surface area contributed by atoms with Gasteiger partial charge in [0.05, 0.1) is 5.69 Å². The lowest BCUT2D eigenvalue weighted by Crippen LogP contribution is -2.21. The van der Waals surface area contributed by atoms with Crippen LogP contribution in [0.5, 0.6) is 5.75 Å². The Morgan fingerprint density at radius 2 is 1.79 bits per heavy atom. The average molecular weight is 387 g/mol. The van der Waals surface area contributed by atoms with Crippen LogP contribution in [0.15, 0.2) is 65.1 Å². The van der Waals surface area contributed by atoms with Crippen LogP contribution < -0.4 is 10.1 Å². The zero-order valence-electron chi connectivity index (χ0n) is 14.5. The third-order valence-electron chi connectivity index (χ3n) is 3.53. The number of halogens is 2. The van der Waals surface area contributed by atoms with Crippen molar-refractivity contribution >= 4 is 17.6 Å². The van der Waals surface area contributed by atoms with Gasteiger partial charge in [0.1, 0.15) is 29.8 Å². The summed E-state index contributed by atoms with van der Waals surface area (Å²) < 4.78 is 42.0. The van der Waals surface area contributed by atoms with Crippen LogP contribution >= 0.6 is 0 Å². The van der Waals surface area contributed by atoms with Gasteiger partial charge in [-0.1, -0.05) is 18.2 Å². The van der Waals surface area contributed by atoms with Crippen LogP contribution in [0.25, 0.3) is 0 Å². The van der Waals surface area contributed by atoms with Crippen molar-refractivity contribution in [3.05, 3.63) is 83.8 Å². The molecule has 0 unspecified atom stereocenters. The monoisotopic (exact) mass is 387 g/mol. The standard InChI is InChI=1S/C20H15F2NO5/c21-13-6-8-17(16(22)10-13)23-19(24)12-27-20(25)18-9-7-15(28-18)11-26-14-4-2-1-3-5-14/h1-10H,11-12H2,(H,23,24). The molecule has 0 bridgehead atoms. The molecule has 3 rings (SSSR count). The van der Waals surface area contributed by atoms with Gasteiger partial charge in [0.2, 0.25) is 5.76 Å². The first-order chi connectivity index (χ1) is 13.5. The minimum absolute atomic E-state index is 0.104. The summed E-state index contributed by atoms with van der Waals surface area (Å²) in [5.41, 5.74) is -0.221. The zero-order valence-corrected chi connectivity index (χ0v) is 14.5. The molecule has 0 aliphatic carbocycles. The number of furan rings is 1. The SMILES string of the molecule is O=C(COC(=O)c1ccc(COc2ccccc2)o1)Nc1ccc(F)cc1F. The van der Waals surface area contributed by atoms with Crippen molar-refractivity contribution in [1.29, 1.82) is 0 Å². The number of carbonyl (C=O) groups excluding carboxylic acids is 2. The molecule has 6 nitrogen and oxygen atoms in total. The summed E-state index contributed by atoms with van der Waals surface area (Å²) in [7, 11) is 0. The summed E-state index contributed by atoms with van der Waals surface area (Å²) in [4.78, 5) is 23.7. The Morgan fingerprint density at radius 1 is 1.00 bits per heavy atom. The first-order valence-corrected chi connectivity index (χ1v) is 8.20. The van der Waals surface area contributed by atoms with E-state index in [0.717, 1.165) is 12.1 Å². The van der Waals surface area contributed by atoms with E-state index in [-0.39, 0.29) is 18.1 Å². The zero-order chi connectivity index (χ0) is 19.9. The fourth-order valence-electron chi connectivity index (χ4n) is 2.22. The molecular formula is C20H15F2NO5. The number of para-hydroxylation sites is 1. The Balaban J connectivity index is 1.48. The van der Waals surface area contributed by atoms with Gasteiger partial charge in [0, 0.05) is 6.07 Å². The first kappa shape index (κ1) is 19.1. The van der Waals surface area contributed by atoms with Gasteiger partial charge in [-0.2, -0.15) is 0 Å². The lowest BCUT2D eigenvalue weighted by Gasteiger charge is -2.07. The maximum Gasteiger partial charge on any atom is 0.374 e. The lowest BCUT2D eigenvalue weighted by molar-refractivity contribution is -0.119. The Bertz CT molecular complexity index is 972. The molecule has 0 atom stereocenters. The van der Waals surface area contributed by atoms with Gasteiger partial charge in [0.25, 0.3) is 5.91 Å². The minimum atomic E-state index is -0.936. The molecule has 3 aromatic rings. The minimum Gasteiger partial charge on any atom is -0.486 e. The molecule has 0 saturated carbocycles. The van der Waals surface area contributed by atoms with Crippen LogP contribution in [0.2, 0.25) is 0 Å². The number of rotatable bonds is 7.